The molecule has 0 unspecified atom stereocenters. The molecule has 0 bridgehead atoms. The molecule has 0 radical (unpaired) electrons. The van der Waals surface area contributed by atoms with E-state index in [0.29, 0.717) is 22.6 Å². The summed E-state index contributed by atoms with van der Waals surface area (Å²) >= 11 is 0. The lowest BCUT2D eigenvalue weighted by Gasteiger charge is -2.15. The fraction of sp³-hybridized carbons (Fsp3) is 0.100. The van der Waals surface area contributed by atoms with Gasteiger partial charge in [-0.15, -0.1) is 0 Å². The van der Waals surface area contributed by atoms with Crippen LogP contribution in [0.2, 0.25) is 0 Å². The van der Waals surface area contributed by atoms with E-state index in [1.807, 2.05) is 36.7 Å². The first-order valence-electron chi connectivity index (χ1n) is 8.12. The Morgan fingerprint density at radius 2 is 1.12 bits per heavy atom. The van der Waals surface area contributed by atoms with E-state index in [2.05, 4.69) is 9.97 Å². The van der Waals surface area contributed by atoms with Crippen molar-refractivity contribution in [2.24, 2.45) is 0 Å². The second-order valence-corrected chi connectivity index (χ2v) is 5.95. The number of aromatic nitrogens is 2. The molecule has 0 atom stereocenters. The zero-order valence-corrected chi connectivity index (χ0v) is 14.3. The molecule has 2 heterocycles. The second-order valence-electron chi connectivity index (χ2n) is 5.95. The van der Waals surface area contributed by atoms with Crippen molar-refractivity contribution < 1.29 is 19.1 Å². The first kappa shape index (κ1) is 16.0. The summed E-state index contributed by atoms with van der Waals surface area (Å²) in [5, 5.41) is 1.90. The van der Waals surface area contributed by atoms with Crippen molar-refractivity contribution >= 4 is 33.7 Å². The molecule has 0 aliphatic carbocycles. The molecule has 0 saturated heterocycles. The fourth-order valence-corrected chi connectivity index (χ4v) is 3.19. The molecule has 4 aromatic rings. The third kappa shape index (κ3) is 2.61. The fourth-order valence-electron chi connectivity index (χ4n) is 3.19. The highest BCUT2D eigenvalue weighted by Crippen LogP contribution is 2.44. The zero-order valence-electron chi connectivity index (χ0n) is 14.3. The molecular weight excluding hydrogens is 332 g/mol. The third-order valence-corrected chi connectivity index (χ3v) is 4.14. The predicted molar refractivity (Wildman–Crippen MR) is 98.2 cm³/mol. The monoisotopic (exact) mass is 348 g/mol. The molecule has 2 aromatic carbocycles. The minimum atomic E-state index is -0.426. The van der Waals surface area contributed by atoms with Gasteiger partial charge in [0.2, 0.25) is 0 Å². The van der Waals surface area contributed by atoms with Crippen LogP contribution in [0.4, 0.5) is 0 Å². The highest BCUT2D eigenvalue weighted by atomic mass is 16.5. The van der Waals surface area contributed by atoms with Gasteiger partial charge in [-0.25, -0.2) is 0 Å². The van der Waals surface area contributed by atoms with Gasteiger partial charge in [0.1, 0.15) is 11.5 Å². The Bertz CT molecular complexity index is 1060. The van der Waals surface area contributed by atoms with E-state index in [1.165, 1.54) is 13.8 Å². The summed E-state index contributed by atoms with van der Waals surface area (Å²) in [4.78, 5) is 29.6. The number of H-pyrrole nitrogens is 2. The molecule has 2 N–H and O–H groups in total. The molecule has 0 saturated carbocycles. The zero-order chi connectivity index (χ0) is 18.3. The number of benzene rings is 2. The maximum atomic E-state index is 11.6. The van der Waals surface area contributed by atoms with Crippen molar-refractivity contribution in [2.45, 2.75) is 13.8 Å². The van der Waals surface area contributed by atoms with Crippen LogP contribution in [0.5, 0.6) is 11.5 Å². The highest BCUT2D eigenvalue weighted by molar-refractivity contribution is 6.08. The maximum absolute atomic E-state index is 11.6. The van der Waals surface area contributed by atoms with Crippen molar-refractivity contribution in [3.8, 4) is 22.6 Å². The van der Waals surface area contributed by atoms with Gasteiger partial charge in [0, 0.05) is 37.0 Å². The number of ether oxygens (including phenoxy) is 2. The third-order valence-electron chi connectivity index (χ3n) is 4.14. The number of hydrogen-bond donors (Lipinski definition) is 2. The molecule has 0 amide bonds. The number of nitrogens with one attached hydrogen (secondary N) is 2. The van der Waals surface area contributed by atoms with Gasteiger partial charge >= 0.3 is 11.9 Å². The van der Waals surface area contributed by atoms with E-state index in [4.69, 9.17) is 9.47 Å². The van der Waals surface area contributed by atoms with Gasteiger partial charge in [0.15, 0.2) is 0 Å². The molecule has 2 aromatic heterocycles. The van der Waals surface area contributed by atoms with Crippen molar-refractivity contribution in [3.63, 3.8) is 0 Å². The van der Waals surface area contributed by atoms with Gasteiger partial charge in [-0.2, -0.15) is 0 Å². The van der Waals surface area contributed by atoms with E-state index in [9.17, 15) is 9.59 Å². The number of rotatable bonds is 3. The Morgan fingerprint density at radius 1 is 0.692 bits per heavy atom. The van der Waals surface area contributed by atoms with Gasteiger partial charge in [0.25, 0.3) is 0 Å². The summed E-state index contributed by atoms with van der Waals surface area (Å²) in [7, 11) is 0. The minimum Gasteiger partial charge on any atom is -0.426 e. The second kappa shape index (κ2) is 6.07. The van der Waals surface area contributed by atoms with Crippen molar-refractivity contribution in [2.75, 3.05) is 0 Å². The molecule has 0 aliphatic rings. The van der Waals surface area contributed by atoms with Crippen LogP contribution in [0.3, 0.4) is 0 Å². The maximum Gasteiger partial charge on any atom is 0.308 e. The summed E-state index contributed by atoms with van der Waals surface area (Å²) in [5.41, 5.74) is 2.90. The molecule has 6 nitrogen and oxygen atoms in total. The smallest absolute Gasteiger partial charge is 0.308 e. The van der Waals surface area contributed by atoms with Gasteiger partial charge in [-0.05, 0) is 36.4 Å². The predicted octanol–water partition coefficient (Wildman–Crippen LogP) is 4.17. The van der Waals surface area contributed by atoms with Crippen LogP contribution in [-0.2, 0) is 9.59 Å². The van der Waals surface area contributed by atoms with E-state index < -0.39 is 11.9 Å². The van der Waals surface area contributed by atoms with E-state index in [0.717, 1.165) is 21.8 Å². The Labute approximate surface area is 148 Å². The number of carbonyl (C=O) groups excluding carboxylic acids is 2. The van der Waals surface area contributed by atoms with Crippen LogP contribution in [0.15, 0.2) is 48.8 Å². The Kier molecular flexibility index (Phi) is 3.73. The molecule has 4 rings (SSSR count). The van der Waals surface area contributed by atoms with Crippen LogP contribution in [0, 0.1) is 0 Å². The van der Waals surface area contributed by atoms with Crippen LogP contribution < -0.4 is 9.47 Å². The van der Waals surface area contributed by atoms with Crippen LogP contribution in [0.25, 0.3) is 32.9 Å². The lowest BCUT2D eigenvalue weighted by atomic mass is 9.98. The summed E-state index contributed by atoms with van der Waals surface area (Å²) in [6, 6.07) is 11.1. The molecule has 0 spiro atoms. The number of hydrogen-bond acceptors (Lipinski definition) is 4. The molecule has 130 valence electrons. The van der Waals surface area contributed by atoms with Crippen LogP contribution >= 0.6 is 0 Å². The normalized spacial score (nSPS) is 11.0. The number of fused-ring (bicyclic) bond motifs is 2. The molecule has 0 aliphatic heterocycles. The van der Waals surface area contributed by atoms with Gasteiger partial charge in [-0.1, -0.05) is 0 Å². The topological polar surface area (TPSA) is 84.2 Å². The van der Waals surface area contributed by atoms with Gasteiger partial charge in [-0.3, -0.25) is 9.59 Å². The first-order valence-corrected chi connectivity index (χ1v) is 8.12. The molecule has 26 heavy (non-hydrogen) atoms. The summed E-state index contributed by atoms with van der Waals surface area (Å²) in [6.45, 7) is 2.70. The Hall–Kier alpha value is -3.54. The largest absolute Gasteiger partial charge is 0.426 e. The standard InChI is InChI=1S/C20H16N2O4/c1-11(23)25-15-5-3-13-7-9-21-19(13)17(15)18-16(26-12(2)24)6-4-14-8-10-22-20(14)18/h3-10,21-22H,1-2H3. The highest BCUT2D eigenvalue weighted by Gasteiger charge is 2.21. The molecule has 0 fully saturated rings. The number of esters is 2. The van der Waals surface area contributed by atoms with Crippen LogP contribution in [0.1, 0.15) is 13.8 Å². The van der Waals surface area contributed by atoms with Gasteiger partial charge < -0.3 is 19.4 Å². The first-order chi connectivity index (χ1) is 12.5. The van der Waals surface area contributed by atoms with E-state index >= 15 is 0 Å². The Morgan fingerprint density at radius 3 is 1.50 bits per heavy atom. The lowest BCUT2D eigenvalue weighted by molar-refractivity contribution is -0.132. The molecule has 6 heteroatoms. The molecular formula is C20H16N2O4. The SMILES string of the molecule is CC(=O)Oc1ccc2cc[nH]c2c1-c1c(OC(C)=O)ccc2cc[nH]c12. The average molecular weight is 348 g/mol. The van der Waals surface area contributed by atoms with E-state index in [1.54, 1.807) is 12.1 Å². The lowest BCUT2D eigenvalue weighted by Crippen LogP contribution is -2.06. The van der Waals surface area contributed by atoms with Gasteiger partial charge in [0.05, 0.1) is 22.2 Å². The van der Waals surface area contributed by atoms with E-state index in [-0.39, 0.29) is 0 Å². The summed E-state index contributed by atoms with van der Waals surface area (Å²) < 4.78 is 10.9. The number of aromatic amines is 2. The van der Waals surface area contributed by atoms with Crippen molar-refractivity contribution in [1.29, 1.82) is 0 Å². The minimum absolute atomic E-state index is 0.392. The Balaban J connectivity index is 2.11. The number of carbonyl (C=O) groups is 2. The average Bonchev–Trinajstić information content (AvgIpc) is 3.22. The summed E-state index contributed by atoms with van der Waals surface area (Å²) in [6.07, 6.45) is 3.62. The van der Waals surface area contributed by atoms with Crippen molar-refractivity contribution in [1.82, 2.24) is 9.97 Å². The van der Waals surface area contributed by atoms with Crippen molar-refractivity contribution in [3.05, 3.63) is 48.8 Å². The van der Waals surface area contributed by atoms with Crippen LogP contribution in [-0.4, -0.2) is 21.9 Å². The summed E-state index contributed by atoms with van der Waals surface area (Å²) in [5.74, 6) is -0.0689. The quantitative estimate of drug-likeness (QED) is 0.430.